The van der Waals surface area contributed by atoms with E-state index in [0.29, 0.717) is 17.0 Å². The molecule has 15 heavy (non-hydrogen) atoms. The van der Waals surface area contributed by atoms with Crippen LogP contribution < -0.4 is 0 Å². The number of hydrogen-bond donors (Lipinski definition) is 0. The number of rotatable bonds is 2. The van der Waals surface area contributed by atoms with E-state index in [-0.39, 0.29) is 5.25 Å². The summed E-state index contributed by atoms with van der Waals surface area (Å²) >= 11 is 1.83. The van der Waals surface area contributed by atoms with Crippen LogP contribution in [-0.2, 0) is 0 Å². The zero-order chi connectivity index (χ0) is 10.3. The van der Waals surface area contributed by atoms with Gasteiger partial charge in [0.05, 0.1) is 5.25 Å². The quantitative estimate of drug-likeness (QED) is 0.558. The summed E-state index contributed by atoms with van der Waals surface area (Å²) in [5.74, 6) is 0.783. The topological polar surface area (TPSA) is 17.1 Å². The molecule has 0 unspecified atom stereocenters. The Morgan fingerprint density at radius 1 is 1.20 bits per heavy atom. The fourth-order valence-electron chi connectivity index (χ4n) is 2.33. The molecular weight excluding hydrogens is 204 g/mol. The van der Waals surface area contributed by atoms with Crippen LogP contribution in [0.25, 0.3) is 0 Å². The Labute approximate surface area is 93.6 Å². The van der Waals surface area contributed by atoms with Gasteiger partial charge in [0.25, 0.3) is 0 Å². The van der Waals surface area contributed by atoms with E-state index < -0.39 is 0 Å². The summed E-state index contributed by atoms with van der Waals surface area (Å²) in [7, 11) is 0. The molecule has 0 spiro atoms. The number of benzene rings is 1. The Morgan fingerprint density at radius 3 is 2.60 bits per heavy atom. The molecule has 0 aromatic heterocycles. The van der Waals surface area contributed by atoms with Crippen molar-refractivity contribution in [3.63, 3.8) is 0 Å². The van der Waals surface area contributed by atoms with Crippen molar-refractivity contribution in [2.45, 2.75) is 16.9 Å². The van der Waals surface area contributed by atoms with Crippen LogP contribution in [0.2, 0.25) is 0 Å². The van der Waals surface area contributed by atoms with E-state index in [9.17, 15) is 4.79 Å². The van der Waals surface area contributed by atoms with E-state index in [1.165, 1.54) is 0 Å². The van der Waals surface area contributed by atoms with Crippen LogP contribution in [0.5, 0.6) is 0 Å². The maximum absolute atomic E-state index is 12.2. The molecule has 0 saturated carbocycles. The molecule has 0 radical (unpaired) electrons. The van der Waals surface area contributed by atoms with Crippen molar-refractivity contribution in [3.05, 3.63) is 48.0 Å². The summed E-state index contributed by atoms with van der Waals surface area (Å²) < 4.78 is 0. The monoisotopic (exact) mass is 216 g/mol. The predicted octanol–water partition coefficient (Wildman–Crippen LogP) is 2.93. The van der Waals surface area contributed by atoms with E-state index in [4.69, 9.17) is 0 Å². The highest BCUT2D eigenvalue weighted by Crippen LogP contribution is 2.45. The first-order valence-electron chi connectivity index (χ1n) is 5.27. The van der Waals surface area contributed by atoms with Gasteiger partial charge in [0, 0.05) is 10.8 Å². The number of thioether (sulfide) groups is 1. The van der Waals surface area contributed by atoms with E-state index in [0.717, 1.165) is 12.0 Å². The summed E-state index contributed by atoms with van der Waals surface area (Å²) in [4.78, 5) is 12.2. The fourth-order valence-corrected chi connectivity index (χ4v) is 3.88. The number of ketones is 1. The maximum atomic E-state index is 12.2. The molecule has 1 aliphatic heterocycles. The molecule has 3 atom stereocenters. The Morgan fingerprint density at radius 2 is 2.00 bits per heavy atom. The third-order valence-corrected chi connectivity index (χ3v) is 4.66. The number of fused-ring (bicyclic) bond motifs is 2. The van der Waals surface area contributed by atoms with Gasteiger partial charge < -0.3 is 0 Å². The van der Waals surface area contributed by atoms with Crippen LogP contribution in [0, 0.1) is 5.92 Å². The molecule has 1 heterocycles. The first-order valence-corrected chi connectivity index (χ1v) is 6.22. The molecule has 0 amide bonds. The maximum Gasteiger partial charge on any atom is 0.176 e. The number of hydrogen-bond acceptors (Lipinski definition) is 2. The summed E-state index contributed by atoms with van der Waals surface area (Å²) in [5, 5.41) is 0.759. The molecule has 3 rings (SSSR count). The molecule has 76 valence electrons. The van der Waals surface area contributed by atoms with Gasteiger partial charge in [-0.05, 0) is 12.3 Å². The standard InChI is InChI=1S/C13H12OS/c14-12(9-4-2-1-3-5-9)13-10-6-7-11(8-10)15-13/h1-7,10-11,13H,8H2/t10-,11+,13-/m1/s1. The zero-order valence-corrected chi connectivity index (χ0v) is 9.11. The lowest BCUT2D eigenvalue weighted by Crippen LogP contribution is -2.21. The highest BCUT2D eigenvalue weighted by Gasteiger charge is 2.40. The van der Waals surface area contributed by atoms with Crippen LogP contribution in [-0.4, -0.2) is 16.3 Å². The minimum absolute atomic E-state index is 0.169. The SMILES string of the molecule is O=C(c1ccccc1)[C@@H]1S[C@H]2C=C[C@@H]1C2. The normalized spacial score (nSPS) is 32.1. The summed E-state index contributed by atoms with van der Waals surface area (Å²) in [6.45, 7) is 0. The number of carbonyl (C=O) groups excluding carboxylic acids is 1. The Hall–Kier alpha value is -1.02. The Bertz CT molecular complexity index is 410. The van der Waals surface area contributed by atoms with Crippen molar-refractivity contribution in [2.24, 2.45) is 5.92 Å². The van der Waals surface area contributed by atoms with Crippen LogP contribution >= 0.6 is 11.8 Å². The zero-order valence-electron chi connectivity index (χ0n) is 8.30. The van der Waals surface area contributed by atoms with Crippen molar-refractivity contribution in [3.8, 4) is 0 Å². The first kappa shape index (κ1) is 9.22. The molecule has 1 nitrogen and oxygen atoms in total. The Balaban J connectivity index is 1.85. The second-order valence-corrected chi connectivity index (χ2v) is 5.50. The van der Waals surface area contributed by atoms with Crippen molar-refractivity contribution >= 4 is 17.5 Å². The number of allylic oxidation sites excluding steroid dienone is 1. The lowest BCUT2D eigenvalue weighted by molar-refractivity contribution is 0.0979. The molecule has 1 aromatic carbocycles. The lowest BCUT2D eigenvalue weighted by atomic mass is 9.97. The summed E-state index contributed by atoms with van der Waals surface area (Å²) in [6.07, 6.45) is 5.62. The average Bonchev–Trinajstić information content (AvgIpc) is 2.91. The number of carbonyl (C=O) groups is 1. The van der Waals surface area contributed by atoms with Crippen LogP contribution in [0.15, 0.2) is 42.5 Å². The van der Waals surface area contributed by atoms with Gasteiger partial charge in [-0.2, -0.15) is 0 Å². The van der Waals surface area contributed by atoms with Gasteiger partial charge in [0.2, 0.25) is 0 Å². The van der Waals surface area contributed by atoms with Crippen molar-refractivity contribution in [1.82, 2.24) is 0 Å². The van der Waals surface area contributed by atoms with E-state index >= 15 is 0 Å². The average molecular weight is 216 g/mol. The van der Waals surface area contributed by atoms with E-state index in [2.05, 4.69) is 12.2 Å². The van der Waals surface area contributed by atoms with Gasteiger partial charge in [-0.25, -0.2) is 0 Å². The molecule has 0 N–H and O–H groups in total. The van der Waals surface area contributed by atoms with Crippen molar-refractivity contribution in [1.29, 1.82) is 0 Å². The third kappa shape index (κ3) is 1.53. The van der Waals surface area contributed by atoms with E-state index in [1.807, 2.05) is 42.1 Å². The van der Waals surface area contributed by atoms with Crippen LogP contribution in [0.4, 0.5) is 0 Å². The molecule has 2 heteroatoms. The van der Waals surface area contributed by atoms with Gasteiger partial charge >= 0.3 is 0 Å². The van der Waals surface area contributed by atoms with Crippen molar-refractivity contribution in [2.75, 3.05) is 0 Å². The van der Waals surface area contributed by atoms with Crippen LogP contribution in [0.3, 0.4) is 0 Å². The molecule has 1 aromatic rings. The molecule has 2 aliphatic rings. The highest BCUT2D eigenvalue weighted by atomic mass is 32.2. The molecule has 1 aliphatic carbocycles. The smallest absolute Gasteiger partial charge is 0.176 e. The second-order valence-electron chi connectivity index (χ2n) is 4.11. The predicted molar refractivity (Wildman–Crippen MR) is 63.2 cm³/mol. The van der Waals surface area contributed by atoms with Gasteiger partial charge in [-0.1, -0.05) is 42.5 Å². The van der Waals surface area contributed by atoms with Gasteiger partial charge in [0.15, 0.2) is 5.78 Å². The molecule has 1 fully saturated rings. The first-order chi connectivity index (χ1) is 7.34. The largest absolute Gasteiger partial charge is 0.293 e. The summed E-state index contributed by atoms with van der Waals surface area (Å²) in [6, 6.07) is 9.64. The fraction of sp³-hybridized carbons (Fsp3) is 0.308. The van der Waals surface area contributed by atoms with Gasteiger partial charge in [0.1, 0.15) is 0 Å². The van der Waals surface area contributed by atoms with Gasteiger partial charge in [-0.15, -0.1) is 11.8 Å². The minimum atomic E-state index is 0.169. The van der Waals surface area contributed by atoms with E-state index in [1.54, 1.807) is 0 Å². The lowest BCUT2D eigenvalue weighted by Gasteiger charge is -2.15. The Kier molecular flexibility index (Phi) is 2.17. The van der Waals surface area contributed by atoms with Crippen molar-refractivity contribution < 1.29 is 4.79 Å². The molecule has 2 bridgehead atoms. The third-order valence-electron chi connectivity index (χ3n) is 3.10. The minimum Gasteiger partial charge on any atom is -0.293 e. The number of Topliss-reactive ketones (excluding diaryl/α,β-unsaturated/α-hetero) is 1. The summed E-state index contributed by atoms with van der Waals surface area (Å²) in [5.41, 5.74) is 0.857. The van der Waals surface area contributed by atoms with Crippen LogP contribution in [0.1, 0.15) is 16.8 Å². The molecular formula is C13H12OS. The molecule has 1 saturated heterocycles. The second kappa shape index (κ2) is 3.53. The highest BCUT2D eigenvalue weighted by molar-refractivity contribution is 8.01. The van der Waals surface area contributed by atoms with Gasteiger partial charge in [-0.3, -0.25) is 4.79 Å².